The van der Waals surface area contributed by atoms with Crippen molar-refractivity contribution in [2.45, 2.75) is 53.5 Å². The molecule has 0 aliphatic heterocycles. The Morgan fingerprint density at radius 1 is 1.00 bits per heavy atom. The second-order valence-electron chi connectivity index (χ2n) is 7.17. The molecular weight excluding hydrogens is 352 g/mol. The third kappa shape index (κ3) is 3.84. The summed E-state index contributed by atoms with van der Waals surface area (Å²) in [4.78, 5) is 25.8. The largest absolute Gasteiger partial charge is 0.421 e. The van der Waals surface area contributed by atoms with Crippen LogP contribution in [0, 0.1) is 20.8 Å². The number of carbonyl (C=O) groups is 1. The molecule has 2 aromatic carbocycles. The minimum Gasteiger partial charge on any atom is -0.421 e. The van der Waals surface area contributed by atoms with Crippen molar-refractivity contribution < 1.29 is 9.53 Å². The van der Waals surface area contributed by atoms with Crippen LogP contribution in [0.3, 0.4) is 0 Å². The molecular formula is C23H26N2O3. The third-order valence-corrected chi connectivity index (χ3v) is 5.10. The number of fused-ring (bicyclic) bond motifs is 1. The molecule has 5 nitrogen and oxygen atoms in total. The van der Waals surface area contributed by atoms with Crippen LogP contribution in [0.2, 0.25) is 0 Å². The average molecular weight is 378 g/mol. The fraction of sp³-hybridized carbons (Fsp3) is 0.348. The van der Waals surface area contributed by atoms with Crippen molar-refractivity contribution in [3.05, 3.63) is 69.1 Å². The monoisotopic (exact) mass is 378 g/mol. The van der Waals surface area contributed by atoms with Gasteiger partial charge in [0.05, 0.1) is 5.39 Å². The van der Waals surface area contributed by atoms with E-state index in [2.05, 4.69) is 12.0 Å². The average Bonchev–Trinajstić information content (AvgIpc) is 2.70. The van der Waals surface area contributed by atoms with Crippen LogP contribution < -0.4 is 10.3 Å². The van der Waals surface area contributed by atoms with Crippen molar-refractivity contribution in [3.63, 3.8) is 0 Å². The summed E-state index contributed by atoms with van der Waals surface area (Å²) in [6, 6.07) is 11.0. The zero-order chi connectivity index (χ0) is 20.3. The Morgan fingerprint density at radius 3 is 2.39 bits per heavy atom. The maximum Gasteiger partial charge on any atom is 0.364 e. The molecule has 0 saturated carbocycles. The van der Waals surface area contributed by atoms with Gasteiger partial charge in [0, 0.05) is 11.9 Å². The molecule has 0 fully saturated rings. The number of rotatable bonds is 6. The van der Waals surface area contributed by atoms with Crippen molar-refractivity contribution in [1.29, 1.82) is 0 Å². The van der Waals surface area contributed by atoms with Crippen LogP contribution in [-0.4, -0.2) is 15.7 Å². The molecule has 0 bridgehead atoms. The number of hydrogen-bond donors (Lipinski definition) is 0. The van der Waals surface area contributed by atoms with E-state index in [-0.39, 0.29) is 11.3 Å². The summed E-state index contributed by atoms with van der Waals surface area (Å²) >= 11 is 0. The Kier molecular flexibility index (Phi) is 5.93. The van der Waals surface area contributed by atoms with Gasteiger partial charge in [0.25, 0.3) is 5.56 Å². The molecule has 0 unspecified atom stereocenters. The van der Waals surface area contributed by atoms with Crippen molar-refractivity contribution in [2.75, 3.05) is 0 Å². The van der Waals surface area contributed by atoms with Gasteiger partial charge < -0.3 is 4.74 Å². The standard InChI is InChI=1S/C23H26N2O3/c1-5-6-9-14-25-22(26)19-11-8-7-10-18(19)20(24-25)23(27)28-21-16(3)13-12-15(2)17(21)4/h7-8,10-13H,5-6,9,14H2,1-4H3. The topological polar surface area (TPSA) is 61.2 Å². The lowest BCUT2D eigenvalue weighted by Crippen LogP contribution is -2.27. The van der Waals surface area contributed by atoms with Gasteiger partial charge in [-0.05, 0) is 49.9 Å². The number of nitrogens with zero attached hydrogens (tertiary/aromatic N) is 2. The summed E-state index contributed by atoms with van der Waals surface area (Å²) in [5.41, 5.74) is 2.86. The number of aryl methyl sites for hydroxylation is 3. The zero-order valence-electron chi connectivity index (χ0n) is 16.9. The molecule has 3 aromatic rings. The quantitative estimate of drug-likeness (QED) is 0.353. The minimum absolute atomic E-state index is 0.173. The van der Waals surface area contributed by atoms with Gasteiger partial charge in [-0.3, -0.25) is 4.79 Å². The fourth-order valence-electron chi connectivity index (χ4n) is 3.27. The van der Waals surface area contributed by atoms with E-state index in [1.807, 2.05) is 32.9 Å². The SMILES string of the molecule is CCCCCn1nc(C(=O)Oc2c(C)ccc(C)c2C)c2ccccc2c1=O. The van der Waals surface area contributed by atoms with Crippen molar-refractivity contribution in [1.82, 2.24) is 9.78 Å². The predicted molar refractivity (Wildman–Crippen MR) is 111 cm³/mol. The van der Waals surface area contributed by atoms with Gasteiger partial charge in [-0.1, -0.05) is 50.1 Å². The number of ether oxygens (including phenoxy) is 1. The van der Waals surface area contributed by atoms with E-state index in [0.29, 0.717) is 23.1 Å². The molecule has 0 aliphatic rings. The Hall–Kier alpha value is -2.95. The summed E-state index contributed by atoms with van der Waals surface area (Å²) in [7, 11) is 0. The first-order chi connectivity index (χ1) is 13.4. The maximum absolute atomic E-state index is 13.0. The van der Waals surface area contributed by atoms with Crippen LogP contribution >= 0.6 is 0 Å². The lowest BCUT2D eigenvalue weighted by Gasteiger charge is -2.14. The molecule has 0 amide bonds. The summed E-state index contributed by atoms with van der Waals surface area (Å²) in [6.45, 7) is 8.41. The van der Waals surface area contributed by atoms with E-state index in [0.717, 1.165) is 36.0 Å². The van der Waals surface area contributed by atoms with Crippen LogP contribution in [0.25, 0.3) is 10.8 Å². The van der Waals surface area contributed by atoms with Crippen LogP contribution in [0.15, 0.2) is 41.2 Å². The summed E-state index contributed by atoms with van der Waals surface area (Å²) in [6.07, 6.45) is 2.89. The molecule has 0 atom stereocenters. The van der Waals surface area contributed by atoms with E-state index >= 15 is 0 Å². The molecule has 3 rings (SSSR count). The van der Waals surface area contributed by atoms with E-state index in [1.54, 1.807) is 24.3 Å². The van der Waals surface area contributed by atoms with Gasteiger partial charge in [-0.2, -0.15) is 5.10 Å². The van der Waals surface area contributed by atoms with E-state index < -0.39 is 5.97 Å². The smallest absolute Gasteiger partial charge is 0.364 e. The number of esters is 1. The second-order valence-corrected chi connectivity index (χ2v) is 7.17. The summed E-state index contributed by atoms with van der Waals surface area (Å²) in [5.74, 6) is 0.0110. The third-order valence-electron chi connectivity index (χ3n) is 5.10. The normalized spacial score (nSPS) is 11.0. The second kappa shape index (κ2) is 8.38. The highest BCUT2D eigenvalue weighted by Gasteiger charge is 2.20. The molecule has 0 radical (unpaired) electrons. The highest BCUT2D eigenvalue weighted by Crippen LogP contribution is 2.27. The highest BCUT2D eigenvalue weighted by molar-refractivity contribution is 6.03. The van der Waals surface area contributed by atoms with E-state index in [1.165, 1.54) is 4.68 Å². The van der Waals surface area contributed by atoms with Crippen molar-refractivity contribution >= 4 is 16.7 Å². The maximum atomic E-state index is 13.0. The molecule has 0 aliphatic carbocycles. The molecule has 0 spiro atoms. The fourth-order valence-corrected chi connectivity index (χ4v) is 3.27. The minimum atomic E-state index is -0.544. The number of carbonyl (C=O) groups excluding carboxylic acids is 1. The predicted octanol–water partition coefficient (Wildman–Crippen LogP) is 4.73. The zero-order valence-corrected chi connectivity index (χ0v) is 16.9. The van der Waals surface area contributed by atoms with E-state index in [4.69, 9.17) is 4.74 Å². The van der Waals surface area contributed by atoms with Gasteiger partial charge in [0.15, 0.2) is 5.69 Å². The van der Waals surface area contributed by atoms with Crippen LogP contribution in [0.1, 0.15) is 53.4 Å². The summed E-state index contributed by atoms with van der Waals surface area (Å²) < 4.78 is 7.15. The lowest BCUT2D eigenvalue weighted by atomic mass is 10.1. The molecule has 5 heteroatoms. The van der Waals surface area contributed by atoms with Gasteiger partial charge in [0.1, 0.15) is 5.75 Å². The highest BCUT2D eigenvalue weighted by atomic mass is 16.5. The number of aromatic nitrogens is 2. The van der Waals surface area contributed by atoms with E-state index in [9.17, 15) is 9.59 Å². The van der Waals surface area contributed by atoms with Crippen LogP contribution in [0.5, 0.6) is 5.75 Å². The lowest BCUT2D eigenvalue weighted by molar-refractivity contribution is 0.0725. The molecule has 1 heterocycles. The molecule has 1 aromatic heterocycles. The van der Waals surface area contributed by atoms with Gasteiger partial charge in [-0.25, -0.2) is 9.48 Å². The molecule has 146 valence electrons. The van der Waals surface area contributed by atoms with Gasteiger partial charge in [-0.15, -0.1) is 0 Å². The van der Waals surface area contributed by atoms with Crippen molar-refractivity contribution in [3.8, 4) is 5.75 Å². The Bertz CT molecular complexity index is 1080. The number of unbranched alkanes of at least 4 members (excludes halogenated alkanes) is 2. The Labute approximate surface area is 165 Å². The van der Waals surface area contributed by atoms with Crippen LogP contribution in [-0.2, 0) is 6.54 Å². The first-order valence-electron chi connectivity index (χ1n) is 9.73. The first-order valence-corrected chi connectivity index (χ1v) is 9.73. The first kappa shape index (κ1) is 19.8. The molecule has 0 saturated heterocycles. The molecule has 0 N–H and O–H groups in total. The Balaban J connectivity index is 2.06. The Morgan fingerprint density at radius 2 is 1.68 bits per heavy atom. The number of hydrogen-bond acceptors (Lipinski definition) is 4. The van der Waals surface area contributed by atoms with Crippen LogP contribution in [0.4, 0.5) is 0 Å². The summed E-state index contributed by atoms with van der Waals surface area (Å²) in [5, 5.41) is 5.39. The molecule has 28 heavy (non-hydrogen) atoms. The van der Waals surface area contributed by atoms with Gasteiger partial charge >= 0.3 is 5.97 Å². The van der Waals surface area contributed by atoms with Crippen molar-refractivity contribution in [2.24, 2.45) is 0 Å². The number of benzene rings is 2. The van der Waals surface area contributed by atoms with Gasteiger partial charge in [0.2, 0.25) is 0 Å².